The molecular weight excluding hydrogens is 797 g/mol. The van der Waals surface area contributed by atoms with Gasteiger partial charge in [-0.1, -0.05) is 96.7 Å². The predicted octanol–water partition coefficient (Wildman–Crippen LogP) is 9.64. The standard InChI is InChI=1S/C41H30O9S5/c42-53(43,44)37-19-13-29(14-20-37)33-25-35(51-40(27-33)31-9-5-4-6-10-31)11-7-2-1-3-8-12-36-26-34(30-15-21-38(22-16-30)54(45,46)47)28-41(52-36)32-17-23-39(24-18-32)55(48,49)50/h1-28H,(H2-,42,43,44,45,46,47,48,49,50). The zero-order valence-corrected chi connectivity index (χ0v) is 32.5. The summed E-state index contributed by atoms with van der Waals surface area (Å²) in [5.74, 6) is 0. The van der Waals surface area contributed by atoms with Crippen molar-refractivity contribution >= 4 is 70.0 Å². The smallest absolute Gasteiger partial charge is 0.294 e. The summed E-state index contributed by atoms with van der Waals surface area (Å²) in [5.41, 5.74) is 4.78. The Kier molecular flexibility index (Phi) is 12.1. The minimum atomic E-state index is -4.56. The third-order valence-corrected chi connectivity index (χ3v) is 12.8. The average Bonchev–Trinajstić information content (AvgIpc) is 3.17. The van der Waals surface area contributed by atoms with E-state index in [0.717, 1.165) is 41.8 Å². The van der Waals surface area contributed by atoms with Crippen LogP contribution >= 0.6 is 23.1 Å². The van der Waals surface area contributed by atoms with Gasteiger partial charge >= 0.3 is 0 Å². The lowest BCUT2D eigenvalue weighted by molar-refractivity contribution is 0.462. The van der Waals surface area contributed by atoms with Crippen LogP contribution in [-0.2, 0) is 30.4 Å². The Morgan fingerprint density at radius 1 is 0.545 bits per heavy atom. The molecule has 1 aromatic heterocycles. The molecule has 2 heterocycles. The molecule has 0 amide bonds. The van der Waals surface area contributed by atoms with Gasteiger partial charge in [0, 0.05) is 33.6 Å². The van der Waals surface area contributed by atoms with Crippen LogP contribution in [0.25, 0.3) is 38.1 Å². The van der Waals surface area contributed by atoms with Crippen LogP contribution in [0, 0.1) is 0 Å². The third kappa shape index (κ3) is 10.6. The molecule has 0 fully saturated rings. The second-order valence-electron chi connectivity index (χ2n) is 11.9. The summed E-state index contributed by atoms with van der Waals surface area (Å²) >= 11 is 3.02. The van der Waals surface area contributed by atoms with E-state index >= 15 is 0 Å². The number of allylic oxidation sites excluding steroid dienone is 9. The minimum Gasteiger partial charge on any atom is -0.744 e. The molecule has 0 saturated carbocycles. The molecule has 0 bridgehead atoms. The molecule has 9 nitrogen and oxygen atoms in total. The molecule has 1 aliphatic rings. The van der Waals surface area contributed by atoms with Gasteiger partial charge in [0.15, 0.2) is 0 Å². The molecule has 0 unspecified atom stereocenters. The maximum absolute atomic E-state index is 11.6. The molecule has 0 atom stereocenters. The van der Waals surface area contributed by atoms with Crippen molar-refractivity contribution in [1.82, 2.24) is 0 Å². The Bertz CT molecular complexity index is 2750. The summed E-state index contributed by atoms with van der Waals surface area (Å²) in [6, 6.07) is 31.3. The summed E-state index contributed by atoms with van der Waals surface area (Å²) in [7, 11) is -13.3. The summed E-state index contributed by atoms with van der Waals surface area (Å²) < 4.78 is 99.4. The molecule has 0 aliphatic carbocycles. The van der Waals surface area contributed by atoms with Gasteiger partial charge in [0.1, 0.15) is 10.1 Å². The maximum atomic E-state index is 11.6. The predicted molar refractivity (Wildman–Crippen MR) is 219 cm³/mol. The van der Waals surface area contributed by atoms with E-state index in [1.807, 2.05) is 97.1 Å². The van der Waals surface area contributed by atoms with Gasteiger partial charge in [-0.15, -0.1) is 0 Å². The molecule has 55 heavy (non-hydrogen) atoms. The Hall–Kier alpha value is -5.03. The van der Waals surface area contributed by atoms with Crippen LogP contribution in [0.15, 0.2) is 183 Å². The first kappa shape index (κ1) is 39.7. The van der Waals surface area contributed by atoms with E-state index in [0.29, 0.717) is 11.1 Å². The van der Waals surface area contributed by atoms with Gasteiger partial charge in [-0.3, -0.25) is 9.11 Å². The van der Waals surface area contributed by atoms with Crippen LogP contribution in [-0.4, -0.2) is 38.9 Å². The molecule has 0 saturated heterocycles. The van der Waals surface area contributed by atoms with Gasteiger partial charge in [-0.2, -0.15) is 16.8 Å². The highest BCUT2D eigenvalue weighted by atomic mass is 32.2. The molecule has 0 spiro atoms. The minimum absolute atomic E-state index is 0.232. The van der Waals surface area contributed by atoms with Gasteiger partial charge in [-0.05, 0) is 94.6 Å². The SMILES string of the molecule is O=S(=O)([O-])c1ccc(-c2cc(/C=C/C=C/C=C/C=C3\C=C(c4ccc(S(=O)(=O)O)cc4)C=C(c4ccc(S(=O)(=O)O)cc4)S3)[s+]c(-c3ccccc3)c2)cc1. The van der Waals surface area contributed by atoms with Crippen LogP contribution < -0.4 is 0 Å². The molecule has 5 aromatic rings. The number of rotatable bonds is 11. The Labute approximate surface area is 328 Å². The summed E-state index contributed by atoms with van der Waals surface area (Å²) in [5, 5.41) is 0. The second kappa shape index (κ2) is 16.8. The molecule has 1 aliphatic heterocycles. The molecule has 4 aromatic carbocycles. The first-order chi connectivity index (χ1) is 26.1. The summed E-state index contributed by atoms with van der Waals surface area (Å²) in [6.45, 7) is 0. The Morgan fingerprint density at radius 3 is 1.69 bits per heavy atom. The van der Waals surface area contributed by atoms with Gasteiger partial charge in [-0.25, -0.2) is 8.42 Å². The largest absolute Gasteiger partial charge is 0.744 e. The molecule has 14 heteroatoms. The highest BCUT2D eigenvalue weighted by Gasteiger charge is 2.18. The van der Waals surface area contributed by atoms with Crippen molar-refractivity contribution in [3.63, 3.8) is 0 Å². The monoisotopic (exact) mass is 826 g/mol. The highest BCUT2D eigenvalue weighted by molar-refractivity contribution is 8.12. The van der Waals surface area contributed by atoms with Gasteiger partial charge in [0.05, 0.1) is 14.7 Å². The normalized spacial score (nSPS) is 14.9. The van der Waals surface area contributed by atoms with Gasteiger partial charge < -0.3 is 4.55 Å². The molecule has 278 valence electrons. The van der Waals surface area contributed by atoms with E-state index in [9.17, 15) is 38.9 Å². The number of hydrogen-bond donors (Lipinski definition) is 2. The van der Waals surface area contributed by atoms with E-state index in [4.69, 9.17) is 0 Å². The molecule has 2 N–H and O–H groups in total. The maximum Gasteiger partial charge on any atom is 0.294 e. The first-order valence-electron chi connectivity index (χ1n) is 16.2. The van der Waals surface area contributed by atoms with Crippen molar-refractivity contribution in [2.75, 3.05) is 0 Å². The average molecular weight is 827 g/mol. The van der Waals surface area contributed by atoms with Crippen molar-refractivity contribution in [3.05, 3.63) is 185 Å². The summed E-state index contributed by atoms with van der Waals surface area (Å²) in [6.07, 6.45) is 17.0. The molecule has 0 radical (unpaired) electrons. The van der Waals surface area contributed by atoms with E-state index in [2.05, 4.69) is 0 Å². The zero-order valence-electron chi connectivity index (χ0n) is 28.5. The third-order valence-electron chi connectivity index (χ3n) is 8.05. The topological polar surface area (TPSA) is 166 Å². The Morgan fingerprint density at radius 2 is 1.09 bits per heavy atom. The van der Waals surface area contributed by atoms with Crippen molar-refractivity contribution < 1.29 is 38.9 Å². The fraction of sp³-hybridized carbons (Fsp3) is 0. The van der Waals surface area contributed by atoms with Crippen LogP contribution in [0.3, 0.4) is 0 Å². The van der Waals surface area contributed by atoms with Crippen LogP contribution in [0.1, 0.15) is 16.0 Å². The Balaban J connectivity index is 1.23. The summed E-state index contributed by atoms with van der Waals surface area (Å²) in [4.78, 5) is 2.80. The number of hydrogen-bond acceptors (Lipinski definition) is 8. The lowest BCUT2D eigenvalue weighted by Gasteiger charge is -2.17. The fourth-order valence-electron chi connectivity index (χ4n) is 5.35. The lowest BCUT2D eigenvalue weighted by Crippen LogP contribution is -1.99. The van der Waals surface area contributed by atoms with Gasteiger partial charge in [0.2, 0.25) is 21.1 Å². The van der Waals surface area contributed by atoms with Crippen LogP contribution in [0.2, 0.25) is 0 Å². The zero-order chi connectivity index (χ0) is 39.2. The fourth-order valence-corrected chi connectivity index (χ4v) is 8.83. The van der Waals surface area contributed by atoms with E-state index in [-0.39, 0.29) is 14.7 Å². The highest BCUT2D eigenvalue weighted by Crippen LogP contribution is 2.42. The lowest BCUT2D eigenvalue weighted by atomic mass is 10.0. The van der Waals surface area contributed by atoms with Gasteiger partial charge in [0.25, 0.3) is 20.2 Å². The van der Waals surface area contributed by atoms with Crippen molar-refractivity contribution in [2.45, 2.75) is 14.7 Å². The molecule has 6 rings (SSSR count). The van der Waals surface area contributed by atoms with Crippen LogP contribution in [0.4, 0.5) is 0 Å². The van der Waals surface area contributed by atoms with Crippen molar-refractivity contribution in [1.29, 1.82) is 0 Å². The quantitative estimate of drug-likeness (QED) is 0.0744. The molecular formula is C41H30O9S5. The van der Waals surface area contributed by atoms with Crippen molar-refractivity contribution in [2.24, 2.45) is 0 Å². The van der Waals surface area contributed by atoms with Crippen molar-refractivity contribution in [3.8, 4) is 21.6 Å². The first-order valence-corrected chi connectivity index (χ1v) is 22.1. The van der Waals surface area contributed by atoms with E-state index in [1.54, 1.807) is 47.7 Å². The number of benzene rings is 4. The van der Waals surface area contributed by atoms with E-state index in [1.165, 1.54) is 48.2 Å². The number of thioether (sulfide) groups is 1. The second-order valence-corrected chi connectivity index (χ2v) is 18.3. The van der Waals surface area contributed by atoms with Crippen LogP contribution in [0.5, 0.6) is 0 Å². The van der Waals surface area contributed by atoms with E-state index < -0.39 is 30.4 Å².